The second kappa shape index (κ2) is 13.9. The summed E-state index contributed by atoms with van der Waals surface area (Å²) in [7, 11) is -5.16. The number of halogens is 3. The number of amidine groups is 1. The molecule has 3 heterocycles. The van der Waals surface area contributed by atoms with E-state index in [1.807, 2.05) is 0 Å². The van der Waals surface area contributed by atoms with Gasteiger partial charge in [0.1, 0.15) is 34.8 Å². The normalized spacial score (nSPS) is 20.6. The molecule has 23 heteroatoms. The van der Waals surface area contributed by atoms with Crippen LogP contribution in [0, 0.1) is 0 Å². The van der Waals surface area contributed by atoms with Gasteiger partial charge in [0.25, 0.3) is 17.9 Å². The van der Waals surface area contributed by atoms with Crippen molar-refractivity contribution in [1.82, 2.24) is 20.7 Å². The molecule has 0 aliphatic carbocycles. The van der Waals surface area contributed by atoms with Crippen molar-refractivity contribution in [3.8, 4) is 5.75 Å². The van der Waals surface area contributed by atoms with Gasteiger partial charge in [-0.2, -0.15) is 26.7 Å². The van der Waals surface area contributed by atoms with Gasteiger partial charge in [-0.25, -0.2) is 9.78 Å². The molecule has 1 aromatic heterocycles. The van der Waals surface area contributed by atoms with E-state index in [2.05, 4.69) is 30.0 Å². The summed E-state index contributed by atoms with van der Waals surface area (Å²) in [5, 5.41) is 17.8. The number of aromatic nitrogens is 1. The van der Waals surface area contributed by atoms with Crippen molar-refractivity contribution in [2.45, 2.75) is 50.2 Å². The fraction of sp³-hybridized carbons (Fsp3) is 0.440. The van der Waals surface area contributed by atoms with Crippen molar-refractivity contribution >= 4 is 56.2 Å². The van der Waals surface area contributed by atoms with Crippen LogP contribution in [0.1, 0.15) is 36.4 Å². The number of nitrogens with one attached hydrogen (secondary N) is 2. The Balaban J connectivity index is 1.54. The lowest BCUT2D eigenvalue weighted by atomic mass is 9.84. The maximum atomic E-state index is 13.8. The molecular weight excluding hydrogens is 693 g/mol. The summed E-state index contributed by atoms with van der Waals surface area (Å²) in [5.74, 6) is -3.98. The van der Waals surface area contributed by atoms with Crippen LogP contribution in [0.4, 0.5) is 18.3 Å². The highest BCUT2D eigenvalue weighted by atomic mass is 32.3. The molecule has 2 aliphatic rings. The number of aliphatic carboxylic acids is 1. The molecule has 0 saturated carbocycles. The maximum absolute atomic E-state index is 13.8. The van der Waals surface area contributed by atoms with E-state index in [0.29, 0.717) is 12.1 Å². The first-order valence-electron chi connectivity index (χ1n) is 13.7. The molecule has 2 aromatic rings. The topological polar surface area (TPSA) is 270 Å². The molecule has 0 radical (unpaired) electrons. The number of nitrogen functional groups attached to an aromatic ring is 1. The number of benzene rings is 1. The van der Waals surface area contributed by atoms with E-state index in [4.69, 9.17) is 25.6 Å². The number of nitrogens with two attached hydrogens (primary N) is 2. The molecular formula is C25H29F3N8O10S2. The molecule has 0 spiro atoms. The van der Waals surface area contributed by atoms with Crippen molar-refractivity contribution in [2.24, 2.45) is 15.9 Å². The summed E-state index contributed by atoms with van der Waals surface area (Å²) in [6.45, 7) is 3.16. The van der Waals surface area contributed by atoms with Crippen molar-refractivity contribution in [3.05, 3.63) is 40.4 Å². The van der Waals surface area contributed by atoms with Crippen LogP contribution in [0.5, 0.6) is 5.75 Å². The van der Waals surface area contributed by atoms with Crippen LogP contribution in [0.25, 0.3) is 0 Å². The molecule has 1 aromatic carbocycles. The van der Waals surface area contributed by atoms with Crippen molar-refractivity contribution < 1.29 is 59.5 Å². The summed E-state index contributed by atoms with van der Waals surface area (Å²) < 4.78 is 82.2. The number of alkyl halides is 3. The summed E-state index contributed by atoms with van der Waals surface area (Å²) in [6, 6.07) is 4.48. The Bertz CT molecular complexity index is 1730. The van der Waals surface area contributed by atoms with E-state index < -0.39 is 80.1 Å². The highest BCUT2D eigenvalue weighted by Crippen LogP contribution is 2.38. The average Bonchev–Trinajstić information content (AvgIpc) is 3.65. The Morgan fingerprint density at radius 2 is 1.96 bits per heavy atom. The number of hydroxylamine groups is 2. The number of oxime groups is 1. The van der Waals surface area contributed by atoms with Crippen LogP contribution >= 0.6 is 11.3 Å². The number of ether oxygens (including phenoxy) is 1. The van der Waals surface area contributed by atoms with Crippen molar-refractivity contribution in [2.75, 3.05) is 25.4 Å². The van der Waals surface area contributed by atoms with Gasteiger partial charge in [0.05, 0.1) is 11.6 Å². The molecule has 4 rings (SSSR count). The maximum Gasteiger partial charge on any atom is 0.427 e. The van der Waals surface area contributed by atoms with Gasteiger partial charge in [-0.05, 0) is 51.1 Å². The van der Waals surface area contributed by atoms with E-state index in [0.717, 1.165) is 13.0 Å². The zero-order valence-electron chi connectivity index (χ0n) is 24.9. The molecule has 2 aliphatic heterocycles. The fourth-order valence-electron chi connectivity index (χ4n) is 4.48. The largest absolute Gasteiger partial charge is 0.489 e. The first kappa shape index (κ1) is 36.3. The molecule has 2 saturated heterocycles. The van der Waals surface area contributed by atoms with Crippen LogP contribution in [-0.4, -0.2) is 101 Å². The Hall–Kier alpha value is -4.58. The summed E-state index contributed by atoms with van der Waals surface area (Å²) in [4.78, 5) is 49.1. The van der Waals surface area contributed by atoms with Gasteiger partial charge >= 0.3 is 22.5 Å². The number of β-lactam (4-membered cyclic amide) rings is 1. The number of hydrogen-bond donors (Lipinski definition) is 6. The minimum Gasteiger partial charge on any atom is -0.489 e. The molecule has 0 unspecified atom stereocenters. The van der Waals surface area contributed by atoms with Crippen LogP contribution in [0.3, 0.4) is 0 Å². The fourth-order valence-corrected chi connectivity index (χ4v) is 5.63. The number of thiazole rings is 1. The number of carbonyl (C=O) groups is 3. The highest BCUT2D eigenvalue weighted by molar-refractivity contribution is 7.80. The van der Waals surface area contributed by atoms with Gasteiger partial charge in [0.15, 0.2) is 10.8 Å². The number of nitrogens with zero attached hydrogens (tertiary/aromatic N) is 4. The molecule has 2 fully saturated rings. The Labute approximate surface area is 273 Å². The number of carboxylic acids is 1. The summed E-state index contributed by atoms with van der Waals surface area (Å²) >= 11 is -0.0533. The van der Waals surface area contributed by atoms with Gasteiger partial charge < -0.3 is 36.8 Å². The number of carboxylic acid groups (broad SMARTS) is 1. The third kappa shape index (κ3) is 8.46. The lowest BCUT2D eigenvalue weighted by Gasteiger charge is -2.50. The summed E-state index contributed by atoms with van der Waals surface area (Å²) in [5.41, 5.74) is 8.06. The smallest absolute Gasteiger partial charge is 0.427 e. The average molecular weight is 723 g/mol. The van der Waals surface area contributed by atoms with Crippen LogP contribution < -0.4 is 26.8 Å². The minimum absolute atomic E-state index is 0.0318. The third-order valence-electron chi connectivity index (χ3n) is 6.92. The Morgan fingerprint density at radius 1 is 1.29 bits per heavy atom. The predicted octanol–water partition coefficient (Wildman–Crippen LogP) is -0.0958. The van der Waals surface area contributed by atoms with Crippen molar-refractivity contribution in [3.63, 3.8) is 0 Å². The Kier molecular flexibility index (Phi) is 10.5. The van der Waals surface area contributed by atoms with E-state index in [1.165, 1.54) is 26.0 Å². The lowest BCUT2D eigenvalue weighted by Crippen LogP contribution is -2.76. The SMILES string of the molecule is CC1(C)[C@H](NC(=O)/C(=N\O[C@@H](COc2ccc(C(N)=N[C@@H]3CCNC3)cc2)C(=O)O)c2nc(N)sc2C(F)(F)F)C(=O)N1OS(=O)(=O)O. The standard InChI is InChI=1S/C25H29F3N8O10S2/c1-24(2)17(21(38)36(24)46-48(41,42)43)34-20(37)16(15-18(25(26,27)28)47-23(30)33-15)35-45-14(22(39)40)10-44-13-5-3-11(4-6-13)19(29)32-12-7-8-31-9-12/h3-6,12,14,17,31H,7-10H2,1-2H3,(H2,29,32)(H2,30,33)(H,34,37)(H,39,40)(H,41,42,43)/b35-16-/t12-,14+,17-/m1/s1. The molecule has 3 atom stereocenters. The molecule has 18 nitrogen and oxygen atoms in total. The zero-order valence-corrected chi connectivity index (χ0v) is 26.6. The second-order valence-electron chi connectivity index (χ2n) is 10.8. The van der Waals surface area contributed by atoms with Crippen molar-refractivity contribution in [1.29, 1.82) is 0 Å². The predicted molar refractivity (Wildman–Crippen MR) is 160 cm³/mol. The molecule has 262 valence electrons. The van der Waals surface area contributed by atoms with E-state index in [9.17, 15) is 41.1 Å². The third-order valence-corrected chi connectivity index (χ3v) is 8.18. The molecule has 8 N–H and O–H groups in total. The quantitative estimate of drug-likeness (QED) is 0.0519. The number of amides is 2. The number of hydrogen-bond acceptors (Lipinski definition) is 14. The monoisotopic (exact) mass is 722 g/mol. The van der Waals surface area contributed by atoms with Crippen LogP contribution in [-0.2, 0) is 40.1 Å². The van der Waals surface area contributed by atoms with Crippen LogP contribution in [0.15, 0.2) is 34.4 Å². The van der Waals surface area contributed by atoms with Gasteiger partial charge in [-0.15, -0.1) is 4.28 Å². The second-order valence-corrected chi connectivity index (χ2v) is 12.8. The van der Waals surface area contributed by atoms with E-state index in [1.54, 1.807) is 12.1 Å². The lowest BCUT2D eigenvalue weighted by molar-refractivity contribution is -0.218. The number of carbonyl (C=O) groups excluding carboxylic acids is 2. The highest BCUT2D eigenvalue weighted by Gasteiger charge is 2.58. The van der Waals surface area contributed by atoms with Gasteiger partial charge in [0, 0.05) is 12.1 Å². The first-order chi connectivity index (χ1) is 22.3. The number of aliphatic imine (C=N–C) groups is 1. The zero-order chi connectivity index (χ0) is 35.6. The van der Waals surface area contributed by atoms with Gasteiger partial charge in [0.2, 0.25) is 0 Å². The molecule has 48 heavy (non-hydrogen) atoms. The van der Waals surface area contributed by atoms with Gasteiger partial charge in [-0.3, -0.25) is 19.1 Å². The Morgan fingerprint density at radius 3 is 2.50 bits per heavy atom. The van der Waals surface area contributed by atoms with E-state index >= 15 is 0 Å². The molecule has 0 bridgehead atoms. The molecule has 2 amide bonds. The first-order valence-corrected chi connectivity index (χ1v) is 15.9. The van der Waals surface area contributed by atoms with E-state index in [-0.39, 0.29) is 34.0 Å². The minimum atomic E-state index is -5.16. The summed E-state index contributed by atoms with van der Waals surface area (Å²) in [6.07, 6.45) is -6.26. The number of anilines is 1. The number of rotatable bonds is 13. The van der Waals surface area contributed by atoms with Crippen LogP contribution in [0.2, 0.25) is 0 Å². The van der Waals surface area contributed by atoms with Gasteiger partial charge in [-0.1, -0.05) is 16.5 Å².